The molecule has 0 aliphatic carbocycles. The third kappa shape index (κ3) is 6.20. The van der Waals surface area contributed by atoms with Gasteiger partial charge in [0.1, 0.15) is 5.75 Å². The number of carbonyl (C=O) groups excluding carboxylic acids is 1. The molecule has 2 aromatic carbocycles. The molecule has 3 aromatic rings. The Kier molecular flexibility index (Phi) is 7.62. The number of anilines is 1. The summed E-state index contributed by atoms with van der Waals surface area (Å²) in [6, 6.07) is 13.5. The van der Waals surface area contributed by atoms with Crippen molar-refractivity contribution in [1.82, 2.24) is 4.98 Å². The fourth-order valence-electron chi connectivity index (χ4n) is 2.87. The van der Waals surface area contributed by atoms with E-state index in [9.17, 15) is 4.79 Å². The third-order valence-corrected chi connectivity index (χ3v) is 5.11. The van der Waals surface area contributed by atoms with Gasteiger partial charge in [-0.05, 0) is 48.7 Å². The number of unbranched alkanes of at least 4 members (excludes halogenated alkanes) is 2. The zero-order valence-electron chi connectivity index (χ0n) is 16.2. The Morgan fingerprint density at radius 2 is 2.07 bits per heavy atom. The largest absolute Gasteiger partial charge is 0.493 e. The fraction of sp³-hybridized carbons (Fsp3) is 0.304. The molecular formula is C23H26N2O2S. The summed E-state index contributed by atoms with van der Waals surface area (Å²) in [4.78, 5) is 16.6. The molecule has 4 nitrogen and oxygen atoms in total. The van der Waals surface area contributed by atoms with Crippen molar-refractivity contribution in [2.24, 2.45) is 0 Å². The van der Waals surface area contributed by atoms with Crippen LogP contribution in [0.2, 0.25) is 0 Å². The average Bonchev–Trinajstić information content (AvgIpc) is 3.15. The summed E-state index contributed by atoms with van der Waals surface area (Å²) in [7, 11) is 0. The number of amides is 1. The normalized spacial score (nSPS) is 11.2. The Balaban J connectivity index is 1.47. The average molecular weight is 395 g/mol. The lowest BCUT2D eigenvalue weighted by molar-refractivity contribution is -0.115. The second-order valence-electron chi connectivity index (χ2n) is 6.66. The van der Waals surface area contributed by atoms with E-state index in [1.54, 1.807) is 11.3 Å². The van der Waals surface area contributed by atoms with Gasteiger partial charge in [-0.1, -0.05) is 44.1 Å². The van der Waals surface area contributed by atoms with Crippen LogP contribution in [0.25, 0.3) is 10.2 Å². The summed E-state index contributed by atoms with van der Waals surface area (Å²) in [6.45, 7) is 2.84. The van der Waals surface area contributed by atoms with Gasteiger partial charge in [0.15, 0.2) is 0 Å². The summed E-state index contributed by atoms with van der Waals surface area (Å²) in [5.74, 6) is 0.762. The Hall–Kier alpha value is -2.66. The molecule has 1 N–H and O–H groups in total. The molecule has 0 spiro atoms. The van der Waals surface area contributed by atoms with Gasteiger partial charge in [0.05, 0.1) is 28.8 Å². The molecule has 146 valence electrons. The van der Waals surface area contributed by atoms with Crippen LogP contribution >= 0.6 is 11.3 Å². The van der Waals surface area contributed by atoms with Crippen LogP contribution in [0.5, 0.6) is 5.75 Å². The molecule has 0 fully saturated rings. The molecule has 5 heteroatoms. The number of rotatable bonds is 10. The standard InChI is InChI=1S/C23H26N2O2S/c1-2-3-4-5-6-7-13-27-20-10-8-9-18(14-20)15-23(26)25-19-11-12-21-22(16-19)28-17-24-21/h5-6,8-12,14,16-17H,2-4,7,13,15H2,1H3,(H,25,26). The van der Waals surface area contributed by atoms with Crippen LogP contribution in [0.4, 0.5) is 5.69 Å². The van der Waals surface area contributed by atoms with Crippen molar-refractivity contribution in [3.05, 3.63) is 65.7 Å². The smallest absolute Gasteiger partial charge is 0.228 e. The lowest BCUT2D eigenvalue weighted by atomic mass is 10.1. The van der Waals surface area contributed by atoms with Gasteiger partial charge in [-0.3, -0.25) is 4.79 Å². The van der Waals surface area contributed by atoms with Gasteiger partial charge in [-0.15, -0.1) is 11.3 Å². The van der Waals surface area contributed by atoms with Gasteiger partial charge in [-0.25, -0.2) is 4.98 Å². The number of fused-ring (bicyclic) bond motifs is 1. The van der Waals surface area contributed by atoms with Crippen LogP contribution in [0.3, 0.4) is 0 Å². The number of hydrogen-bond donors (Lipinski definition) is 1. The Morgan fingerprint density at radius 1 is 1.18 bits per heavy atom. The van der Waals surface area contributed by atoms with Gasteiger partial charge < -0.3 is 10.1 Å². The quantitative estimate of drug-likeness (QED) is 0.339. The van der Waals surface area contributed by atoms with Crippen LogP contribution in [-0.4, -0.2) is 17.5 Å². The lowest BCUT2D eigenvalue weighted by Crippen LogP contribution is -2.14. The summed E-state index contributed by atoms with van der Waals surface area (Å²) < 4.78 is 6.87. The van der Waals surface area contributed by atoms with Gasteiger partial charge in [0.2, 0.25) is 5.91 Å². The molecule has 0 atom stereocenters. The fourth-order valence-corrected chi connectivity index (χ4v) is 3.59. The minimum absolute atomic E-state index is 0.0418. The van der Waals surface area contributed by atoms with E-state index in [4.69, 9.17) is 4.74 Å². The Labute approximate surface area is 170 Å². The first-order valence-corrected chi connectivity index (χ1v) is 10.6. The van der Waals surface area contributed by atoms with E-state index in [0.717, 1.165) is 40.1 Å². The molecular weight excluding hydrogens is 368 g/mol. The molecule has 0 bridgehead atoms. The minimum atomic E-state index is -0.0418. The van der Waals surface area contributed by atoms with Gasteiger partial charge in [0, 0.05) is 5.69 Å². The van der Waals surface area contributed by atoms with E-state index in [0.29, 0.717) is 13.0 Å². The summed E-state index contributed by atoms with van der Waals surface area (Å²) >= 11 is 1.57. The van der Waals surface area contributed by atoms with E-state index in [1.807, 2.05) is 48.0 Å². The predicted molar refractivity (Wildman–Crippen MR) is 117 cm³/mol. The zero-order chi connectivity index (χ0) is 19.6. The topological polar surface area (TPSA) is 51.2 Å². The maximum absolute atomic E-state index is 12.4. The monoisotopic (exact) mass is 394 g/mol. The van der Waals surface area contributed by atoms with Crippen molar-refractivity contribution in [3.8, 4) is 5.75 Å². The highest BCUT2D eigenvalue weighted by Crippen LogP contribution is 2.22. The number of carbonyl (C=O) groups is 1. The number of nitrogens with zero attached hydrogens (tertiary/aromatic N) is 1. The predicted octanol–water partition coefficient (Wildman–Crippen LogP) is 5.99. The first kappa shape index (κ1) is 20.1. The Bertz CT molecular complexity index is 933. The number of thiazole rings is 1. The van der Waals surface area contributed by atoms with Gasteiger partial charge >= 0.3 is 0 Å². The van der Waals surface area contributed by atoms with E-state index >= 15 is 0 Å². The van der Waals surface area contributed by atoms with Gasteiger partial charge in [-0.2, -0.15) is 0 Å². The number of aromatic nitrogens is 1. The van der Waals surface area contributed by atoms with Crippen LogP contribution in [0.1, 0.15) is 38.2 Å². The summed E-state index contributed by atoms with van der Waals surface area (Å²) in [5.41, 5.74) is 4.49. The molecule has 0 aliphatic heterocycles. The van der Waals surface area contributed by atoms with E-state index in [-0.39, 0.29) is 5.91 Å². The van der Waals surface area contributed by atoms with Crippen molar-refractivity contribution in [3.63, 3.8) is 0 Å². The number of ether oxygens (including phenoxy) is 1. The molecule has 1 aromatic heterocycles. The van der Waals surface area contributed by atoms with Crippen molar-refractivity contribution >= 4 is 33.1 Å². The highest BCUT2D eigenvalue weighted by atomic mass is 32.1. The van der Waals surface area contributed by atoms with Crippen LogP contribution in [0, 0.1) is 0 Å². The first-order valence-electron chi connectivity index (χ1n) is 9.74. The number of benzene rings is 2. The van der Waals surface area contributed by atoms with Gasteiger partial charge in [0.25, 0.3) is 0 Å². The van der Waals surface area contributed by atoms with Crippen LogP contribution in [-0.2, 0) is 11.2 Å². The molecule has 0 radical (unpaired) electrons. The molecule has 28 heavy (non-hydrogen) atoms. The third-order valence-electron chi connectivity index (χ3n) is 4.32. The molecule has 1 amide bonds. The van der Waals surface area contributed by atoms with E-state index < -0.39 is 0 Å². The SMILES string of the molecule is CCCCC=CCCOc1cccc(CC(=O)Nc2ccc3ncsc3c2)c1. The first-order chi connectivity index (χ1) is 13.7. The molecule has 0 unspecified atom stereocenters. The molecule has 0 aliphatic rings. The lowest BCUT2D eigenvalue weighted by Gasteiger charge is -2.08. The zero-order valence-corrected chi connectivity index (χ0v) is 17.0. The molecule has 0 saturated heterocycles. The highest BCUT2D eigenvalue weighted by Gasteiger charge is 2.07. The Morgan fingerprint density at radius 3 is 2.96 bits per heavy atom. The number of allylic oxidation sites excluding steroid dienone is 1. The maximum Gasteiger partial charge on any atom is 0.228 e. The van der Waals surface area contributed by atoms with Crippen molar-refractivity contribution < 1.29 is 9.53 Å². The van der Waals surface area contributed by atoms with Crippen molar-refractivity contribution in [1.29, 1.82) is 0 Å². The summed E-state index contributed by atoms with van der Waals surface area (Å²) in [6.07, 6.45) is 9.20. The van der Waals surface area contributed by atoms with E-state index in [1.165, 1.54) is 12.8 Å². The van der Waals surface area contributed by atoms with Crippen molar-refractivity contribution in [2.75, 3.05) is 11.9 Å². The highest BCUT2D eigenvalue weighted by molar-refractivity contribution is 7.16. The van der Waals surface area contributed by atoms with E-state index in [2.05, 4.69) is 29.4 Å². The molecule has 1 heterocycles. The van der Waals surface area contributed by atoms with Crippen molar-refractivity contribution in [2.45, 2.75) is 39.0 Å². The van der Waals surface area contributed by atoms with Crippen LogP contribution < -0.4 is 10.1 Å². The number of nitrogens with one attached hydrogen (secondary N) is 1. The molecule has 3 rings (SSSR count). The second-order valence-corrected chi connectivity index (χ2v) is 7.54. The molecule has 0 saturated carbocycles. The minimum Gasteiger partial charge on any atom is -0.493 e. The van der Waals surface area contributed by atoms with Crippen LogP contribution in [0.15, 0.2) is 60.1 Å². The second kappa shape index (κ2) is 10.6. The number of hydrogen-bond acceptors (Lipinski definition) is 4. The maximum atomic E-state index is 12.4. The summed E-state index contributed by atoms with van der Waals surface area (Å²) in [5, 5.41) is 2.96.